The highest BCUT2D eigenvalue weighted by Crippen LogP contribution is 2.43. The number of rotatable bonds is 17. The van der Waals surface area contributed by atoms with Crippen LogP contribution in [0.1, 0.15) is 93.5 Å². The molecule has 0 aliphatic carbocycles. The molecule has 3 atom stereocenters. The van der Waals surface area contributed by atoms with Crippen molar-refractivity contribution in [2.75, 3.05) is 19.9 Å². The van der Waals surface area contributed by atoms with Gasteiger partial charge in [0.15, 0.2) is 21.9 Å². The van der Waals surface area contributed by atoms with Crippen molar-refractivity contribution in [2.24, 2.45) is 11.7 Å². The number of amides is 4. The van der Waals surface area contributed by atoms with Crippen LogP contribution in [0.5, 0.6) is 11.5 Å². The van der Waals surface area contributed by atoms with Crippen LogP contribution in [-0.4, -0.2) is 86.2 Å². The third-order valence-corrected chi connectivity index (χ3v) is 11.9. The molecule has 7 rings (SSSR count). The number of nitrogens with one attached hydrogen (secondary N) is 5. The SMILES string of the molecule is CC[C@@]1(O)C(=O)OCc2c1cc1n(c2=O)Cc2c-1nc1cc3c(cc1c2CNC(=O)CNC(=O)[C@H](CCCCN)NC(=O)[C@@H](NC(=O)CCCC#Cc1cnc(=S)[nH]c1)C(C)C)OCO3. The molecule has 3 aliphatic heterocycles. The van der Waals surface area contributed by atoms with Gasteiger partial charge >= 0.3 is 5.97 Å². The summed E-state index contributed by atoms with van der Waals surface area (Å²) in [6.07, 6.45) is 5.57. The molecular weight excluding hydrogens is 859 g/mol. The number of aliphatic hydroxyl groups is 1. The molecule has 0 bridgehead atoms. The maximum absolute atomic E-state index is 13.9. The number of cyclic esters (lactones) is 1. The molecule has 342 valence electrons. The van der Waals surface area contributed by atoms with E-state index in [1.165, 1.54) is 4.57 Å². The molecule has 0 unspecified atom stereocenters. The molecule has 0 saturated carbocycles. The Hall–Kier alpha value is -6.69. The first-order valence-corrected chi connectivity index (χ1v) is 21.9. The molecule has 3 aliphatic rings. The summed E-state index contributed by atoms with van der Waals surface area (Å²) in [5.41, 5.74) is 6.83. The van der Waals surface area contributed by atoms with Gasteiger partial charge in [0.25, 0.3) is 5.56 Å². The van der Waals surface area contributed by atoms with Gasteiger partial charge in [-0.15, -0.1) is 0 Å². The number of aromatic amines is 1. The first kappa shape index (κ1) is 46.3. The number of esters is 1. The maximum Gasteiger partial charge on any atom is 0.343 e. The highest BCUT2D eigenvalue weighted by molar-refractivity contribution is 7.71. The molecule has 0 fully saturated rings. The quantitative estimate of drug-likeness (QED) is 0.0305. The van der Waals surface area contributed by atoms with Crippen molar-refractivity contribution in [3.05, 3.63) is 73.5 Å². The first-order chi connectivity index (χ1) is 31.2. The zero-order valence-corrected chi connectivity index (χ0v) is 37.1. The van der Waals surface area contributed by atoms with Crippen LogP contribution in [-0.2, 0) is 54.0 Å². The Balaban J connectivity index is 1.02. The smallest absolute Gasteiger partial charge is 0.343 e. The van der Waals surface area contributed by atoms with E-state index in [9.17, 15) is 33.9 Å². The van der Waals surface area contributed by atoms with E-state index in [1.54, 1.807) is 51.4 Å². The fourth-order valence-electron chi connectivity index (χ4n) is 8.01. The molecule has 3 aromatic heterocycles. The summed E-state index contributed by atoms with van der Waals surface area (Å²) in [5.74, 6) is 3.72. The molecule has 20 heteroatoms. The van der Waals surface area contributed by atoms with Crippen molar-refractivity contribution in [3.8, 4) is 34.7 Å². The summed E-state index contributed by atoms with van der Waals surface area (Å²) in [4.78, 5) is 92.0. The second-order valence-electron chi connectivity index (χ2n) is 16.3. The first-order valence-electron chi connectivity index (χ1n) is 21.5. The van der Waals surface area contributed by atoms with Crippen LogP contribution >= 0.6 is 12.2 Å². The van der Waals surface area contributed by atoms with Crippen molar-refractivity contribution in [1.29, 1.82) is 0 Å². The van der Waals surface area contributed by atoms with E-state index >= 15 is 0 Å². The van der Waals surface area contributed by atoms with Gasteiger partial charge in [-0.3, -0.25) is 24.0 Å². The fraction of sp³-hybridized carbons (Fsp3) is 0.444. The zero-order chi connectivity index (χ0) is 46.4. The van der Waals surface area contributed by atoms with Crippen LogP contribution in [0, 0.1) is 22.5 Å². The predicted molar refractivity (Wildman–Crippen MR) is 237 cm³/mol. The predicted octanol–water partition coefficient (Wildman–Crippen LogP) is 1.97. The second kappa shape index (κ2) is 20.0. The molecule has 4 aromatic rings. The number of hydrogen-bond donors (Lipinski definition) is 7. The van der Waals surface area contributed by atoms with Crippen molar-refractivity contribution in [2.45, 2.75) is 103 Å². The van der Waals surface area contributed by atoms with E-state index < -0.39 is 53.5 Å². The van der Waals surface area contributed by atoms with Crippen LogP contribution in [0.4, 0.5) is 0 Å². The number of carbonyl (C=O) groups is 5. The molecule has 0 saturated heterocycles. The van der Waals surface area contributed by atoms with E-state index in [4.69, 9.17) is 37.1 Å². The van der Waals surface area contributed by atoms with Gasteiger partial charge in [0, 0.05) is 54.4 Å². The molecule has 19 nitrogen and oxygen atoms in total. The van der Waals surface area contributed by atoms with E-state index in [-0.39, 0.29) is 68.7 Å². The Kier molecular flexibility index (Phi) is 14.3. The van der Waals surface area contributed by atoms with Gasteiger partial charge in [0.2, 0.25) is 30.4 Å². The number of carbonyl (C=O) groups excluding carboxylic acids is 5. The van der Waals surface area contributed by atoms with Crippen LogP contribution in [0.2, 0.25) is 0 Å². The number of ether oxygens (including phenoxy) is 3. The highest BCUT2D eigenvalue weighted by Gasteiger charge is 2.45. The Morgan fingerprint density at radius 2 is 1.80 bits per heavy atom. The average Bonchev–Trinajstić information content (AvgIpc) is 3.91. The second-order valence-corrected chi connectivity index (χ2v) is 16.7. The lowest BCUT2D eigenvalue weighted by molar-refractivity contribution is -0.172. The van der Waals surface area contributed by atoms with E-state index in [0.29, 0.717) is 87.5 Å². The lowest BCUT2D eigenvalue weighted by atomic mass is 9.86. The Labute approximate surface area is 378 Å². The maximum atomic E-state index is 13.9. The number of unbranched alkanes of at least 4 members (excludes halogenated alkanes) is 2. The van der Waals surface area contributed by atoms with Crippen molar-refractivity contribution in [3.63, 3.8) is 0 Å². The summed E-state index contributed by atoms with van der Waals surface area (Å²) in [6, 6.07) is 3.11. The topological polar surface area (TPSA) is 271 Å². The Morgan fingerprint density at radius 1 is 1.02 bits per heavy atom. The minimum Gasteiger partial charge on any atom is -0.458 e. The molecule has 0 radical (unpaired) electrons. The molecule has 0 spiro atoms. The number of fused-ring (bicyclic) bond motifs is 6. The van der Waals surface area contributed by atoms with Gasteiger partial charge in [-0.2, -0.15) is 0 Å². The zero-order valence-electron chi connectivity index (χ0n) is 36.3. The van der Waals surface area contributed by atoms with Crippen LogP contribution < -0.4 is 42.0 Å². The highest BCUT2D eigenvalue weighted by atomic mass is 32.1. The number of benzene rings is 1. The summed E-state index contributed by atoms with van der Waals surface area (Å²) in [5, 5.41) is 23.1. The largest absolute Gasteiger partial charge is 0.458 e. The third-order valence-electron chi connectivity index (χ3n) is 11.6. The Morgan fingerprint density at radius 3 is 2.52 bits per heavy atom. The average molecular weight is 910 g/mol. The van der Waals surface area contributed by atoms with Crippen molar-refractivity contribution >= 4 is 52.7 Å². The molecule has 65 heavy (non-hydrogen) atoms. The third kappa shape index (κ3) is 10.0. The minimum absolute atomic E-state index is 0.00893. The van der Waals surface area contributed by atoms with E-state index in [1.807, 2.05) is 0 Å². The minimum atomic E-state index is -2.01. The van der Waals surface area contributed by atoms with Gasteiger partial charge in [-0.25, -0.2) is 14.8 Å². The summed E-state index contributed by atoms with van der Waals surface area (Å²) in [6.45, 7) is 4.89. The summed E-state index contributed by atoms with van der Waals surface area (Å²) >= 11 is 4.94. The fourth-order valence-corrected chi connectivity index (χ4v) is 8.12. The number of H-pyrrole nitrogens is 1. The number of hydrogen-bond acceptors (Lipinski definition) is 14. The lowest BCUT2D eigenvalue weighted by Gasteiger charge is -2.31. The Bertz CT molecular complexity index is 2720. The van der Waals surface area contributed by atoms with Crippen molar-refractivity contribution < 1.29 is 43.3 Å². The van der Waals surface area contributed by atoms with Crippen molar-refractivity contribution in [1.82, 2.24) is 40.8 Å². The molecule has 4 amide bonds. The number of nitrogens with two attached hydrogens (primary N) is 1. The van der Waals surface area contributed by atoms with E-state index in [2.05, 4.69) is 43.1 Å². The molecular formula is C45H51N9O10S. The monoisotopic (exact) mass is 909 g/mol. The van der Waals surface area contributed by atoms with Crippen LogP contribution in [0.25, 0.3) is 22.3 Å². The number of nitrogens with zero attached hydrogens (tertiary/aromatic N) is 3. The van der Waals surface area contributed by atoms with Gasteiger partial charge in [0.1, 0.15) is 18.7 Å². The summed E-state index contributed by atoms with van der Waals surface area (Å²) < 4.78 is 18.3. The standard InChI is InChI=1S/C45H51N9O10S/c1-4-45(61)30-15-33-39-28(21-54(33)42(59)29(30)22-62-43(45)60)27(26-14-34-35(64-23-63-34)16-32(26)51-39)19-47-37(56)20-48-40(57)31(11-8-9-13-46)52-41(58)38(24(2)3)53-36(55)12-7-5-6-10-25-17-49-44(65)50-18-25/h14-18,24,31,38,61H,4-5,7-9,11-13,19-23,46H2,1-3H3,(H,47,56)(H,48,57)(H,52,58)(H,53,55)(H,49,50,65)/t31-,38-,45-/m0/s1. The van der Waals surface area contributed by atoms with Crippen LogP contribution in [0.15, 0.2) is 35.4 Å². The van der Waals surface area contributed by atoms with Gasteiger partial charge in [-0.1, -0.05) is 32.6 Å². The van der Waals surface area contributed by atoms with Gasteiger partial charge in [-0.05, 0) is 74.5 Å². The molecule has 6 heterocycles. The number of aromatic nitrogens is 4. The van der Waals surface area contributed by atoms with Gasteiger partial charge < -0.3 is 55.9 Å². The normalized spacial score (nSPS) is 16.3. The number of pyridine rings is 2. The lowest BCUT2D eigenvalue weighted by Crippen LogP contribution is -2.56. The molecule has 1 aromatic carbocycles. The summed E-state index contributed by atoms with van der Waals surface area (Å²) in [7, 11) is 0. The van der Waals surface area contributed by atoms with E-state index in [0.717, 1.165) is 0 Å². The van der Waals surface area contributed by atoms with Gasteiger partial charge in [0.05, 0.1) is 41.1 Å². The molecule has 8 N–H and O–H groups in total. The van der Waals surface area contributed by atoms with Crippen LogP contribution in [0.3, 0.4) is 0 Å².